The maximum Gasteiger partial charge on any atom is 0.122 e. The van der Waals surface area contributed by atoms with Crippen LogP contribution in [0.25, 0.3) is 0 Å². The normalized spacial score (nSPS) is 30.6. The number of para-hydroxylation sites is 1. The van der Waals surface area contributed by atoms with Crippen molar-refractivity contribution in [2.75, 3.05) is 13.7 Å². The molecule has 110 valence electrons. The van der Waals surface area contributed by atoms with Crippen molar-refractivity contribution >= 4 is 0 Å². The van der Waals surface area contributed by atoms with Crippen LogP contribution in [-0.2, 0) is 4.74 Å². The molecule has 2 aliphatic heterocycles. The van der Waals surface area contributed by atoms with Crippen molar-refractivity contribution in [2.45, 2.75) is 56.8 Å². The summed E-state index contributed by atoms with van der Waals surface area (Å²) < 4.78 is 11.8. The first kappa shape index (κ1) is 13.9. The van der Waals surface area contributed by atoms with Gasteiger partial charge in [0.1, 0.15) is 5.75 Å². The minimum Gasteiger partial charge on any atom is -0.493 e. The van der Waals surface area contributed by atoms with Crippen LogP contribution >= 0.6 is 0 Å². The van der Waals surface area contributed by atoms with Crippen molar-refractivity contribution in [3.05, 3.63) is 29.8 Å². The molecule has 0 amide bonds. The molecule has 4 unspecified atom stereocenters. The lowest BCUT2D eigenvalue weighted by Crippen LogP contribution is -2.39. The van der Waals surface area contributed by atoms with Crippen molar-refractivity contribution in [3.63, 3.8) is 0 Å². The third kappa shape index (κ3) is 2.84. The second kappa shape index (κ2) is 6.15. The summed E-state index contributed by atoms with van der Waals surface area (Å²) in [5.41, 5.74) is 1.37. The summed E-state index contributed by atoms with van der Waals surface area (Å²) in [7, 11) is 2.06. The van der Waals surface area contributed by atoms with Crippen LogP contribution in [0.2, 0.25) is 0 Å². The lowest BCUT2D eigenvalue weighted by molar-refractivity contribution is 0.0292. The molecule has 4 atom stereocenters. The van der Waals surface area contributed by atoms with E-state index in [-0.39, 0.29) is 0 Å². The second-order valence-corrected chi connectivity index (χ2v) is 6.07. The van der Waals surface area contributed by atoms with Crippen molar-refractivity contribution in [1.29, 1.82) is 0 Å². The third-order valence-corrected chi connectivity index (χ3v) is 4.71. The monoisotopic (exact) mass is 275 g/mol. The van der Waals surface area contributed by atoms with E-state index in [1.54, 1.807) is 0 Å². The van der Waals surface area contributed by atoms with Gasteiger partial charge in [0.2, 0.25) is 0 Å². The van der Waals surface area contributed by atoms with Gasteiger partial charge in [-0.3, -0.25) is 0 Å². The van der Waals surface area contributed by atoms with Gasteiger partial charge < -0.3 is 14.8 Å². The first-order valence-electron chi connectivity index (χ1n) is 7.82. The molecule has 0 spiro atoms. The van der Waals surface area contributed by atoms with Crippen LogP contribution in [0.4, 0.5) is 0 Å². The smallest absolute Gasteiger partial charge is 0.122 e. The average molecular weight is 275 g/mol. The molecule has 1 saturated heterocycles. The summed E-state index contributed by atoms with van der Waals surface area (Å²) in [4.78, 5) is 0. The molecule has 0 radical (unpaired) electrons. The molecule has 20 heavy (non-hydrogen) atoms. The summed E-state index contributed by atoms with van der Waals surface area (Å²) in [6.45, 7) is 3.01. The number of hydrogen-bond acceptors (Lipinski definition) is 3. The van der Waals surface area contributed by atoms with E-state index >= 15 is 0 Å². The van der Waals surface area contributed by atoms with Gasteiger partial charge in [0, 0.05) is 6.04 Å². The molecular weight excluding hydrogens is 250 g/mol. The Morgan fingerprint density at radius 2 is 2.10 bits per heavy atom. The van der Waals surface area contributed by atoms with Crippen LogP contribution in [0.5, 0.6) is 5.75 Å². The Kier molecular flexibility index (Phi) is 4.27. The molecule has 3 nitrogen and oxygen atoms in total. The molecule has 0 saturated carbocycles. The average Bonchev–Trinajstić information content (AvgIpc) is 2.91. The standard InChI is InChI=1S/C17H25NO2/c1-12-7-8-17(20-12)15(18-2)11-13-9-10-19-16-6-4-3-5-14(13)16/h3-6,12-13,15,17-18H,7-11H2,1-2H3. The van der Waals surface area contributed by atoms with Crippen LogP contribution in [0.1, 0.15) is 44.1 Å². The highest BCUT2D eigenvalue weighted by molar-refractivity contribution is 5.37. The lowest BCUT2D eigenvalue weighted by Gasteiger charge is -2.31. The number of nitrogens with one attached hydrogen (secondary N) is 1. The molecule has 1 aromatic rings. The molecule has 1 N–H and O–H groups in total. The Morgan fingerprint density at radius 3 is 2.85 bits per heavy atom. The Hall–Kier alpha value is -1.06. The van der Waals surface area contributed by atoms with Crippen LogP contribution < -0.4 is 10.1 Å². The fourth-order valence-electron chi connectivity index (χ4n) is 3.55. The van der Waals surface area contributed by atoms with E-state index < -0.39 is 0 Å². The summed E-state index contributed by atoms with van der Waals surface area (Å²) in [5.74, 6) is 1.65. The van der Waals surface area contributed by atoms with E-state index in [1.807, 2.05) is 0 Å². The van der Waals surface area contributed by atoms with Crippen LogP contribution in [-0.4, -0.2) is 31.9 Å². The van der Waals surface area contributed by atoms with Crippen LogP contribution in [0, 0.1) is 0 Å². The second-order valence-electron chi connectivity index (χ2n) is 6.07. The summed E-state index contributed by atoms with van der Waals surface area (Å²) in [5, 5.41) is 3.48. The lowest BCUT2D eigenvalue weighted by atomic mass is 9.85. The third-order valence-electron chi connectivity index (χ3n) is 4.71. The van der Waals surface area contributed by atoms with E-state index in [1.165, 1.54) is 18.4 Å². The van der Waals surface area contributed by atoms with Crippen molar-refractivity contribution in [1.82, 2.24) is 5.32 Å². The zero-order valence-electron chi connectivity index (χ0n) is 12.5. The van der Waals surface area contributed by atoms with Crippen LogP contribution in [0.15, 0.2) is 24.3 Å². The summed E-state index contributed by atoms with van der Waals surface area (Å²) >= 11 is 0. The zero-order valence-corrected chi connectivity index (χ0v) is 12.5. The van der Waals surface area contributed by atoms with Gasteiger partial charge in [0.15, 0.2) is 0 Å². The maximum absolute atomic E-state index is 6.05. The highest BCUT2D eigenvalue weighted by Crippen LogP contribution is 2.37. The van der Waals surface area contributed by atoms with E-state index in [9.17, 15) is 0 Å². The molecule has 0 aliphatic carbocycles. The van der Waals surface area contributed by atoms with E-state index in [4.69, 9.17) is 9.47 Å². The minimum absolute atomic E-state index is 0.366. The first-order chi connectivity index (χ1) is 9.78. The largest absolute Gasteiger partial charge is 0.493 e. The van der Waals surface area contributed by atoms with Crippen molar-refractivity contribution in [3.8, 4) is 5.75 Å². The molecule has 1 aromatic carbocycles. The predicted molar refractivity (Wildman–Crippen MR) is 80.3 cm³/mol. The predicted octanol–water partition coefficient (Wildman–Crippen LogP) is 3.10. The number of likely N-dealkylation sites (N-methyl/N-ethyl adjacent to an activating group) is 1. The molecule has 2 aliphatic rings. The first-order valence-corrected chi connectivity index (χ1v) is 7.82. The van der Waals surface area contributed by atoms with Gasteiger partial charge in [-0.1, -0.05) is 18.2 Å². The Morgan fingerprint density at radius 1 is 1.25 bits per heavy atom. The van der Waals surface area contributed by atoms with Gasteiger partial charge in [0.25, 0.3) is 0 Å². The molecule has 1 fully saturated rings. The molecule has 3 heteroatoms. The fraction of sp³-hybridized carbons (Fsp3) is 0.647. The number of rotatable bonds is 4. The molecular formula is C17H25NO2. The van der Waals surface area contributed by atoms with E-state index in [0.717, 1.165) is 25.2 Å². The van der Waals surface area contributed by atoms with E-state index in [0.29, 0.717) is 24.2 Å². The van der Waals surface area contributed by atoms with Gasteiger partial charge in [0.05, 0.1) is 18.8 Å². The highest BCUT2D eigenvalue weighted by Gasteiger charge is 2.32. The maximum atomic E-state index is 6.05. The number of ether oxygens (including phenoxy) is 2. The van der Waals surface area contributed by atoms with Gasteiger partial charge >= 0.3 is 0 Å². The molecule has 0 bridgehead atoms. The zero-order chi connectivity index (χ0) is 13.9. The molecule has 2 heterocycles. The van der Waals surface area contributed by atoms with Gasteiger partial charge in [-0.05, 0) is 57.2 Å². The van der Waals surface area contributed by atoms with E-state index in [2.05, 4.69) is 43.6 Å². The molecule has 3 rings (SSSR count). The van der Waals surface area contributed by atoms with Crippen molar-refractivity contribution < 1.29 is 9.47 Å². The molecule has 0 aromatic heterocycles. The summed E-state index contributed by atoms with van der Waals surface area (Å²) in [6, 6.07) is 8.91. The van der Waals surface area contributed by atoms with Gasteiger partial charge in [-0.2, -0.15) is 0 Å². The minimum atomic E-state index is 0.366. The number of benzene rings is 1. The van der Waals surface area contributed by atoms with Gasteiger partial charge in [-0.25, -0.2) is 0 Å². The Bertz CT molecular complexity index is 448. The summed E-state index contributed by atoms with van der Waals surface area (Å²) in [6.07, 6.45) is 5.39. The number of hydrogen-bond donors (Lipinski definition) is 1. The Balaban J connectivity index is 1.70. The van der Waals surface area contributed by atoms with Crippen molar-refractivity contribution in [2.24, 2.45) is 0 Å². The topological polar surface area (TPSA) is 30.5 Å². The van der Waals surface area contributed by atoms with Gasteiger partial charge in [-0.15, -0.1) is 0 Å². The fourth-order valence-corrected chi connectivity index (χ4v) is 3.55. The highest BCUT2D eigenvalue weighted by atomic mass is 16.5. The van der Waals surface area contributed by atoms with Crippen LogP contribution in [0.3, 0.4) is 0 Å². The number of fused-ring (bicyclic) bond motifs is 1. The quantitative estimate of drug-likeness (QED) is 0.916. The Labute approximate surface area is 121 Å². The SMILES string of the molecule is CNC(CC1CCOc2ccccc21)C1CCC(C)O1.